The highest BCUT2D eigenvalue weighted by molar-refractivity contribution is 7.92. The maximum absolute atomic E-state index is 12.5. The van der Waals surface area contributed by atoms with Crippen LogP contribution in [0.3, 0.4) is 0 Å². The van der Waals surface area contributed by atoms with E-state index in [0.717, 1.165) is 50.4 Å². The van der Waals surface area contributed by atoms with Crippen LogP contribution in [0.25, 0.3) is 0 Å². The lowest BCUT2D eigenvalue weighted by atomic mass is 10.2. The van der Waals surface area contributed by atoms with Crippen LogP contribution in [-0.2, 0) is 9.84 Å². The molecule has 2 fully saturated rings. The number of benzene rings is 1. The Kier molecular flexibility index (Phi) is 4.31. The molecule has 1 atom stereocenters. The molecule has 23 heavy (non-hydrogen) atoms. The molecule has 1 unspecified atom stereocenters. The minimum Gasteiger partial charge on any atom is -0.370 e. The predicted octanol–water partition coefficient (Wildman–Crippen LogP) is 2.65. The molecule has 8 heteroatoms. The van der Waals surface area contributed by atoms with Crippen LogP contribution in [0.2, 0.25) is 0 Å². The fourth-order valence-corrected chi connectivity index (χ4v) is 4.11. The van der Waals surface area contributed by atoms with E-state index in [9.17, 15) is 21.6 Å². The molecule has 1 aromatic carbocycles. The Hall–Kier alpha value is -1.28. The molecule has 2 aliphatic rings. The fourth-order valence-electron chi connectivity index (χ4n) is 3.35. The van der Waals surface area contributed by atoms with Gasteiger partial charge in [0.25, 0.3) is 9.84 Å². The summed E-state index contributed by atoms with van der Waals surface area (Å²) in [6.45, 7) is 3.90. The third-order valence-electron chi connectivity index (χ3n) is 4.64. The van der Waals surface area contributed by atoms with Crippen molar-refractivity contribution in [1.82, 2.24) is 4.90 Å². The number of sulfone groups is 1. The van der Waals surface area contributed by atoms with Crippen LogP contribution in [0.4, 0.5) is 18.9 Å². The second kappa shape index (κ2) is 5.98. The van der Waals surface area contributed by atoms with Crippen molar-refractivity contribution < 1.29 is 21.6 Å². The second-order valence-corrected chi connectivity index (χ2v) is 8.02. The highest BCUT2D eigenvalue weighted by atomic mass is 32.2. The number of nitrogens with zero attached hydrogens (tertiary/aromatic N) is 2. The van der Waals surface area contributed by atoms with Gasteiger partial charge in [0.15, 0.2) is 0 Å². The first-order valence-electron chi connectivity index (χ1n) is 7.69. The lowest BCUT2D eigenvalue weighted by Gasteiger charge is -2.24. The molecule has 0 aromatic heterocycles. The van der Waals surface area contributed by atoms with Crippen molar-refractivity contribution in [2.75, 3.05) is 31.1 Å². The van der Waals surface area contributed by atoms with Crippen LogP contribution in [0.1, 0.15) is 19.3 Å². The van der Waals surface area contributed by atoms with Gasteiger partial charge >= 0.3 is 5.51 Å². The molecule has 2 aliphatic heterocycles. The Labute approximate surface area is 133 Å². The number of likely N-dealkylation sites (tertiary alicyclic amines) is 1. The molecule has 3 rings (SSSR count). The summed E-state index contributed by atoms with van der Waals surface area (Å²) in [5.41, 5.74) is -4.49. The van der Waals surface area contributed by atoms with Crippen LogP contribution in [-0.4, -0.2) is 51.0 Å². The van der Waals surface area contributed by atoms with Gasteiger partial charge in [-0.1, -0.05) is 0 Å². The molecular formula is C15H19F3N2O2S. The Morgan fingerprint density at radius 3 is 2.17 bits per heavy atom. The molecule has 1 aromatic rings. The zero-order valence-electron chi connectivity index (χ0n) is 12.6. The zero-order valence-corrected chi connectivity index (χ0v) is 13.4. The first-order valence-corrected chi connectivity index (χ1v) is 9.18. The predicted molar refractivity (Wildman–Crippen MR) is 81.1 cm³/mol. The fraction of sp³-hybridized carbons (Fsp3) is 0.600. The lowest BCUT2D eigenvalue weighted by Crippen LogP contribution is -2.35. The Bertz CT molecular complexity index is 652. The summed E-state index contributed by atoms with van der Waals surface area (Å²) >= 11 is 0. The second-order valence-electron chi connectivity index (χ2n) is 6.07. The molecule has 0 spiro atoms. The maximum atomic E-state index is 12.5. The first-order chi connectivity index (χ1) is 10.8. The molecular weight excluding hydrogens is 329 g/mol. The normalized spacial score (nSPS) is 23.6. The van der Waals surface area contributed by atoms with Crippen LogP contribution in [0, 0.1) is 0 Å². The van der Waals surface area contributed by atoms with Crippen molar-refractivity contribution in [3.05, 3.63) is 24.3 Å². The Morgan fingerprint density at radius 2 is 1.61 bits per heavy atom. The van der Waals surface area contributed by atoms with Crippen LogP contribution < -0.4 is 4.90 Å². The molecule has 0 aliphatic carbocycles. The average Bonchev–Trinajstić information content (AvgIpc) is 3.17. The number of halogens is 3. The molecule has 0 N–H and O–H groups in total. The summed E-state index contributed by atoms with van der Waals surface area (Å²) in [7, 11) is -5.27. The summed E-state index contributed by atoms with van der Waals surface area (Å²) < 4.78 is 60.4. The first kappa shape index (κ1) is 16.6. The number of hydrogen-bond acceptors (Lipinski definition) is 4. The van der Waals surface area contributed by atoms with E-state index in [0.29, 0.717) is 6.04 Å². The van der Waals surface area contributed by atoms with Crippen molar-refractivity contribution in [1.29, 1.82) is 0 Å². The minimum absolute atomic E-state index is 0.482. The molecule has 4 nitrogen and oxygen atoms in total. The van der Waals surface area contributed by atoms with Crippen molar-refractivity contribution in [3.63, 3.8) is 0 Å². The molecule has 0 saturated carbocycles. The number of anilines is 1. The lowest BCUT2D eigenvalue weighted by molar-refractivity contribution is -0.0436. The minimum atomic E-state index is -5.27. The molecule has 0 radical (unpaired) electrons. The van der Waals surface area contributed by atoms with E-state index in [4.69, 9.17) is 0 Å². The summed E-state index contributed by atoms with van der Waals surface area (Å²) in [6, 6.07) is 5.50. The highest BCUT2D eigenvalue weighted by Crippen LogP contribution is 2.32. The maximum Gasteiger partial charge on any atom is 0.501 e. The van der Waals surface area contributed by atoms with Gasteiger partial charge in [0.05, 0.1) is 4.90 Å². The van der Waals surface area contributed by atoms with Gasteiger partial charge in [-0.15, -0.1) is 0 Å². The van der Waals surface area contributed by atoms with E-state index in [2.05, 4.69) is 9.80 Å². The van der Waals surface area contributed by atoms with Gasteiger partial charge in [0.1, 0.15) is 0 Å². The summed E-state index contributed by atoms with van der Waals surface area (Å²) in [5, 5.41) is 0. The van der Waals surface area contributed by atoms with E-state index in [1.165, 1.54) is 25.0 Å². The van der Waals surface area contributed by atoms with Crippen LogP contribution in [0.15, 0.2) is 29.2 Å². The van der Waals surface area contributed by atoms with E-state index >= 15 is 0 Å². The Morgan fingerprint density at radius 1 is 1.00 bits per heavy atom. The standard InChI is InChI=1S/C15H19F3N2O2S/c16-15(17,18)23(21,22)14-5-3-12(4-6-14)20-10-7-13(11-20)19-8-1-2-9-19/h3-6,13H,1-2,7-11H2. The number of rotatable bonds is 3. The van der Waals surface area contributed by atoms with Gasteiger partial charge < -0.3 is 4.90 Å². The highest BCUT2D eigenvalue weighted by Gasteiger charge is 2.46. The summed E-state index contributed by atoms with van der Waals surface area (Å²) in [6.07, 6.45) is 3.48. The molecule has 0 bridgehead atoms. The SMILES string of the molecule is O=S(=O)(c1ccc(N2CCC(N3CCCC3)C2)cc1)C(F)(F)F. The molecule has 128 valence electrons. The van der Waals surface area contributed by atoms with Gasteiger partial charge in [-0.3, -0.25) is 4.90 Å². The van der Waals surface area contributed by atoms with Crippen LogP contribution in [0.5, 0.6) is 0 Å². The van der Waals surface area contributed by atoms with Crippen molar-refractivity contribution >= 4 is 15.5 Å². The smallest absolute Gasteiger partial charge is 0.370 e. The Balaban J connectivity index is 1.71. The van der Waals surface area contributed by atoms with E-state index in [1.54, 1.807) is 0 Å². The number of alkyl halides is 3. The van der Waals surface area contributed by atoms with E-state index in [1.807, 2.05) is 0 Å². The summed E-state index contributed by atoms with van der Waals surface area (Å²) in [5.74, 6) is 0. The van der Waals surface area contributed by atoms with E-state index in [-0.39, 0.29) is 0 Å². The van der Waals surface area contributed by atoms with Gasteiger partial charge in [0.2, 0.25) is 0 Å². The van der Waals surface area contributed by atoms with Gasteiger partial charge in [-0.05, 0) is 56.6 Å². The van der Waals surface area contributed by atoms with Crippen molar-refractivity contribution in [3.8, 4) is 0 Å². The van der Waals surface area contributed by atoms with Crippen LogP contribution >= 0.6 is 0 Å². The largest absolute Gasteiger partial charge is 0.501 e. The topological polar surface area (TPSA) is 40.6 Å². The molecule has 0 amide bonds. The quantitative estimate of drug-likeness (QED) is 0.842. The summed E-state index contributed by atoms with van der Waals surface area (Å²) in [4.78, 5) is 3.86. The van der Waals surface area contributed by atoms with Gasteiger partial charge in [0, 0.05) is 24.8 Å². The average molecular weight is 348 g/mol. The monoisotopic (exact) mass is 348 g/mol. The zero-order chi connectivity index (χ0) is 16.7. The number of hydrogen-bond donors (Lipinski definition) is 0. The van der Waals surface area contributed by atoms with Crippen molar-refractivity contribution in [2.45, 2.75) is 35.7 Å². The van der Waals surface area contributed by atoms with E-state index < -0.39 is 20.2 Å². The van der Waals surface area contributed by atoms with Gasteiger partial charge in [-0.25, -0.2) is 8.42 Å². The molecule has 2 saturated heterocycles. The van der Waals surface area contributed by atoms with Gasteiger partial charge in [-0.2, -0.15) is 13.2 Å². The van der Waals surface area contributed by atoms with Crippen molar-refractivity contribution in [2.24, 2.45) is 0 Å². The molecule has 2 heterocycles. The third-order valence-corrected chi connectivity index (χ3v) is 6.14. The third kappa shape index (κ3) is 3.19.